The van der Waals surface area contributed by atoms with E-state index in [-0.39, 0.29) is 24.7 Å². The topological polar surface area (TPSA) is 115 Å². The van der Waals surface area contributed by atoms with Crippen LogP contribution in [-0.2, 0) is 16.1 Å². The molecule has 1 aromatic carbocycles. The van der Waals surface area contributed by atoms with Crippen LogP contribution in [0.1, 0.15) is 36.2 Å². The molecule has 170 valence electrons. The number of aryl methyl sites for hydroxylation is 1. The Morgan fingerprint density at radius 2 is 2.00 bits per heavy atom. The number of nitrogens with one attached hydrogen (secondary N) is 1. The molecule has 32 heavy (non-hydrogen) atoms. The van der Waals surface area contributed by atoms with E-state index in [1.54, 1.807) is 25.1 Å². The van der Waals surface area contributed by atoms with Gasteiger partial charge < -0.3 is 18.9 Å². The van der Waals surface area contributed by atoms with E-state index in [1.165, 1.54) is 13.3 Å². The molecular weight excluding hydrogens is 480 g/mol. The smallest absolute Gasteiger partial charge is 0.278 e. The molecule has 9 nitrogen and oxygen atoms in total. The van der Waals surface area contributed by atoms with Crippen molar-refractivity contribution in [3.63, 3.8) is 0 Å². The highest BCUT2D eigenvalue weighted by molar-refractivity contribution is 9.10. The number of amides is 1. The minimum Gasteiger partial charge on any atom is -0.490 e. The maximum absolute atomic E-state index is 12.1. The highest BCUT2D eigenvalue weighted by atomic mass is 79.9. The molecule has 0 bridgehead atoms. The second-order valence-electron chi connectivity index (χ2n) is 6.43. The van der Waals surface area contributed by atoms with E-state index in [1.807, 2.05) is 19.9 Å². The quantitative estimate of drug-likeness (QED) is 0.367. The molecule has 10 heteroatoms. The number of ether oxygens (including phenoxy) is 4. The van der Waals surface area contributed by atoms with Crippen molar-refractivity contribution < 1.29 is 23.7 Å². The fourth-order valence-electron chi connectivity index (χ4n) is 2.76. The Kier molecular flexibility index (Phi) is 9.91. The first kappa shape index (κ1) is 25.1. The lowest BCUT2D eigenvalue weighted by atomic mass is 10.1. The normalized spacial score (nSPS) is 10.6. The maximum atomic E-state index is 12.1. The predicted octanol–water partition coefficient (Wildman–Crippen LogP) is 3.50. The first-order chi connectivity index (χ1) is 15.4. The SMILES string of the molecule is CCOc1cc(/C=N/NC(=O)COc2nc(C)cc(COC)c2C#N)cc(Br)c1OCC. The van der Waals surface area contributed by atoms with Crippen molar-refractivity contribution in [2.24, 2.45) is 5.10 Å². The highest BCUT2D eigenvalue weighted by Gasteiger charge is 2.14. The summed E-state index contributed by atoms with van der Waals surface area (Å²) in [4.78, 5) is 16.3. The lowest BCUT2D eigenvalue weighted by molar-refractivity contribution is -0.123. The van der Waals surface area contributed by atoms with Gasteiger partial charge >= 0.3 is 0 Å². The molecule has 2 rings (SSSR count). The summed E-state index contributed by atoms with van der Waals surface area (Å²) < 4.78 is 22.5. The number of nitrogens with zero attached hydrogens (tertiary/aromatic N) is 3. The number of nitriles is 1. The van der Waals surface area contributed by atoms with Gasteiger partial charge in [0.15, 0.2) is 18.1 Å². The molecule has 0 fully saturated rings. The number of aromatic nitrogens is 1. The fraction of sp³-hybridized carbons (Fsp3) is 0.364. The van der Waals surface area contributed by atoms with Crippen LogP contribution in [0.3, 0.4) is 0 Å². The van der Waals surface area contributed by atoms with Crippen LogP contribution in [0.2, 0.25) is 0 Å². The number of pyridine rings is 1. The number of hydrazone groups is 1. The Hall–Kier alpha value is -3.16. The zero-order valence-corrected chi connectivity index (χ0v) is 20.0. The van der Waals surface area contributed by atoms with Crippen LogP contribution in [-0.4, -0.2) is 44.0 Å². The largest absolute Gasteiger partial charge is 0.490 e. The van der Waals surface area contributed by atoms with Crippen molar-refractivity contribution in [1.29, 1.82) is 5.26 Å². The van der Waals surface area contributed by atoms with Crippen molar-refractivity contribution >= 4 is 28.1 Å². The Morgan fingerprint density at radius 3 is 2.66 bits per heavy atom. The Bertz CT molecular complexity index is 1020. The van der Waals surface area contributed by atoms with Crippen molar-refractivity contribution in [1.82, 2.24) is 10.4 Å². The molecule has 2 aromatic rings. The van der Waals surface area contributed by atoms with E-state index in [2.05, 4.69) is 31.4 Å². The summed E-state index contributed by atoms with van der Waals surface area (Å²) in [5.74, 6) is 0.754. The van der Waals surface area contributed by atoms with Crippen LogP contribution < -0.4 is 19.6 Å². The summed E-state index contributed by atoms with van der Waals surface area (Å²) in [6.45, 7) is 6.39. The van der Waals surface area contributed by atoms with Crippen LogP contribution in [0.5, 0.6) is 17.4 Å². The molecule has 1 N–H and O–H groups in total. The van der Waals surface area contributed by atoms with Gasteiger partial charge in [-0.25, -0.2) is 10.4 Å². The molecule has 0 radical (unpaired) electrons. The summed E-state index contributed by atoms with van der Waals surface area (Å²) >= 11 is 3.46. The average molecular weight is 505 g/mol. The van der Waals surface area contributed by atoms with E-state index in [4.69, 9.17) is 18.9 Å². The average Bonchev–Trinajstić information content (AvgIpc) is 2.75. The summed E-state index contributed by atoms with van der Waals surface area (Å²) in [7, 11) is 1.53. The van der Waals surface area contributed by atoms with E-state index in [0.717, 1.165) is 0 Å². The molecule has 0 spiro atoms. The Morgan fingerprint density at radius 1 is 1.25 bits per heavy atom. The third-order valence-electron chi connectivity index (χ3n) is 3.97. The van der Waals surface area contributed by atoms with Crippen molar-refractivity contribution in [2.75, 3.05) is 26.9 Å². The number of halogens is 1. The maximum Gasteiger partial charge on any atom is 0.278 e. The van der Waals surface area contributed by atoms with Gasteiger partial charge in [0.2, 0.25) is 5.88 Å². The molecule has 0 saturated heterocycles. The summed E-state index contributed by atoms with van der Waals surface area (Å²) in [5, 5.41) is 13.4. The number of carbonyl (C=O) groups excluding carboxylic acids is 1. The predicted molar refractivity (Wildman–Crippen MR) is 122 cm³/mol. The monoisotopic (exact) mass is 504 g/mol. The van der Waals surface area contributed by atoms with Crippen LogP contribution in [0, 0.1) is 18.3 Å². The summed E-state index contributed by atoms with van der Waals surface area (Å²) in [6.07, 6.45) is 1.48. The van der Waals surface area contributed by atoms with Gasteiger partial charge in [0.1, 0.15) is 11.6 Å². The van der Waals surface area contributed by atoms with Crippen LogP contribution in [0.4, 0.5) is 0 Å². The molecule has 0 saturated carbocycles. The molecule has 1 heterocycles. The van der Waals surface area contributed by atoms with Gasteiger partial charge in [-0.05, 0) is 60.5 Å². The first-order valence-corrected chi connectivity index (χ1v) is 10.7. The third-order valence-corrected chi connectivity index (χ3v) is 4.56. The minimum atomic E-state index is -0.503. The molecule has 0 aliphatic carbocycles. The molecule has 0 aliphatic rings. The number of methoxy groups -OCH3 is 1. The molecule has 0 unspecified atom stereocenters. The third kappa shape index (κ3) is 6.93. The van der Waals surface area contributed by atoms with Crippen molar-refractivity contribution in [2.45, 2.75) is 27.4 Å². The van der Waals surface area contributed by atoms with Gasteiger partial charge in [0.25, 0.3) is 5.91 Å². The van der Waals surface area contributed by atoms with E-state index >= 15 is 0 Å². The lowest BCUT2D eigenvalue weighted by Crippen LogP contribution is -2.25. The number of benzene rings is 1. The minimum absolute atomic E-state index is 0.0791. The zero-order valence-electron chi connectivity index (χ0n) is 18.4. The van der Waals surface area contributed by atoms with E-state index in [9.17, 15) is 10.1 Å². The van der Waals surface area contributed by atoms with Gasteiger partial charge in [0.05, 0.1) is 30.5 Å². The lowest BCUT2D eigenvalue weighted by Gasteiger charge is -2.13. The molecule has 0 atom stereocenters. The van der Waals surface area contributed by atoms with Gasteiger partial charge in [0, 0.05) is 18.4 Å². The highest BCUT2D eigenvalue weighted by Crippen LogP contribution is 2.36. The van der Waals surface area contributed by atoms with Crippen LogP contribution >= 0.6 is 15.9 Å². The standard InChI is InChI=1S/C22H25BrN4O5/c1-5-30-19-9-15(8-18(23)21(19)31-6-2)11-25-27-20(28)13-32-22-17(10-24)16(12-29-4)7-14(3)26-22/h7-9,11H,5-6,12-13H2,1-4H3,(H,27,28)/b25-11+. The summed E-state index contributed by atoms with van der Waals surface area (Å²) in [6, 6.07) is 7.35. The van der Waals surface area contributed by atoms with E-state index < -0.39 is 5.91 Å². The number of hydrogen-bond donors (Lipinski definition) is 1. The van der Waals surface area contributed by atoms with Gasteiger partial charge in [-0.2, -0.15) is 10.4 Å². The Labute approximate surface area is 195 Å². The van der Waals surface area contributed by atoms with E-state index in [0.29, 0.717) is 46.0 Å². The van der Waals surface area contributed by atoms with Gasteiger partial charge in [-0.1, -0.05) is 0 Å². The fourth-order valence-corrected chi connectivity index (χ4v) is 3.33. The summed E-state index contributed by atoms with van der Waals surface area (Å²) in [5.41, 5.74) is 4.60. The number of hydrogen-bond acceptors (Lipinski definition) is 8. The van der Waals surface area contributed by atoms with Crippen molar-refractivity contribution in [3.05, 3.63) is 45.1 Å². The van der Waals surface area contributed by atoms with Gasteiger partial charge in [-0.3, -0.25) is 4.79 Å². The van der Waals surface area contributed by atoms with Crippen molar-refractivity contribution in [3.8, 4) is 23.4 Å². The molecule has 1 amide bonds. The van der Waals surface area contributed by atoms with Gasteiger partial charge in [-0.15, -0.1) is 0 Å². The second kappa shape index (κ2) is 12.6. The molecule has 0 aliphatic heterocycles. The zero-order chi connectivity index (χ0) is 23.5. The molecular formula is C22H25BrN4O5. The van der Waals surface area contributed by atoms with Crippen LogP contribution in [0.15, 0.2) is 27.8 Å². The number of rotatable bonds is 11. The van der Waals surface area contributed by atoms with Crippen LogP contribution in [0.25, 0.3) is 0 Å². The molecule has 1 aromatic heterocycles. The Balaban J connectivity index is 2.04. The first-order valence-electron chi connectivity index (χ1n) is 9.86. The number of carbonyl (C=O) groups is 1. The second-order valence-corrected chi connectivity index (χ2v) is 7.28.